The first-order chi connectivity index (χ1) is 17.9. The molecule has 1 heterocycles. The van der Waals surface area contributed by atoms with Crippen molar-refractivity contribution in [1.82, 2.24) is 14.1 Å². The smallest absolute Gasteiger partial charge is 0.243 e. The summed E-state index contributed by atoms with van der Waals surface area (Å²) >= 11 is 0. The highest BCUT2D eigenvalue weighted by Gasteiger charge is 2.31. The predicted molar refractivity (Wildman–Crippen MR) is 145 cm³/mol. The molecule has 0 radical (unpaired) electrons. The molecule has 1 aliphatic rings. The third kappa shape index (κ3) is 6.77. The maximum Gasteiger partial charge on any atom is 0.243 e. The number of nitrogens with zero attached hydrogens (tertiary/aromatic N) is 3. The molecule has 0 aliphatic carbocycles. The Morgan fingerprint density at radius 2 is 1.49 bits per heavy atom. The van der Waals surface area contributed by atoms with Gasteiger partial charge in [0.1, 0.15) is 5.75 Å². The number of piperazine rings is 1. The molecule has 8 heteroatoms. The van der Waals surface area contributed by atoms with Gasteiger partial charge >= 0.3 is 0 Å². The lowest BCUT2D eigenvalue weighted by atomic mass is 10.1. The Labute approximate surface area is 220 Å². The molecule has 0 bridgehead atoms. The molecule has 1 amide bonds. The molecule has 4 rings (SSSR count). The lowest BCUT2D eigenvalue weighted by Crippen LogP contribution is -2.49. The van der Waals surface area contributed by atoms with Crippen LogP contribution in [0.4, 0.5) is 0 Å². The predicted octanol–water partition coefficient (Wildman–Crippen LogP) is 4.18. The molecular weight excluding hydrogens is 486 g/mol. The summed E-state index contributed by atoms with van der Waals surface area (Å²) in [5, 5.41) is 0. The number of carbonyl (C=O) groups excluding carboxylic acids is 1. The Hall–Kier alpha value is -3.20. The van der Waals surface area contributed by atoms with Gasteiger partial charge in [0.2, 0.25) is 15.9 Å². The number of methoxy groups -OCH3 is 1. The van der Waals surface area contributed by atoms with Gasteiger partial charge in [-0.2, -0.15) is 4.31 Å². The van der Waals surface area contributed by atoms with Crippen molar-refractivity contribution >= 4 is 15.9 Å². The molecule has 0 aromatic heterocycles. The summed E-state index contributed by atoms with van der Waals surface area (Å²) in [5.74, 6) is 0.567. The average Bonchev–Trinajstić information content (AvgIpc) is 2.94. The van der Waals surface area contributed by atoms with Crippen LogP contribution >= 0.6 is 0 Å². The van der Waals surface area contributed by atoms with Gasteiger partial charge < -0.3 is 9.64 Å². The Morgan fingerprint density at radius 1 is 0.892 bits per heavy atom. The number of benzene rings is 3. The van der Waals surface area contributed by atoms with Crippen molar-refractivity contribution in [3.05, 3.63) is 96.1 Å². The summed E-state index contributed by atoms with van der Waals surface area (Å²) in [4.78, 5) is 17.5. The zero-order chi connectivity index (χ0) is 26.3. The minimum atomic E-state index is -3.84. The van der Waals surface area contributed by atoms with E-state index in [1.165, 1.54) is 9.87 Å². The summed E-state index contributed by atoms with van der Waals surface area (Å²) < 4.78 is 34.0. The fourth-order valence-corrected chi connectivity index (χ4v) is 6.28. The van der Waals surface area contributed by atoms with E-state index in [2.05, 4.69) is 17.0 Å². The summed E-state index contributed by atoms with van der Waals surface area (Å²) in [6.45, 7) is 5.72. The number of carbonyl (C=O) groups is 1. The van der Waals surface area contributed by atoms with E-state index in [1.807, 2.05) is 60.4 Å². The van der Waals surface area contributed by atoms with E-state index in [4.69, 9.17) is 4.74 Å². The maximum atomic E-state index is 13.7. The molecule has 3 aromatic carbocycles. The van der Waals surface area contributed by atoms with E-state index in [0.717, 1.165) is 25.2 Å². The first-order valence-corrected chi connectivity index (χ1v) is 14.1. The Bertz CT molecular complexity index is 1240. The summed E-state index contributed by atoms with van der Waals surface area (Å²) in [6, 6.07) is 25.8. The lowest BCUT2D eigenvalue weighted by molar-refractivity contribution is -0.133. The van der Waals surface area contributed by atoms with Crippen LogP contribution in [-0.4, -0.2) is 68.3 Å². The van der Waals surface area contributed by atoms with Crippen molar-refractivity contribution in [2.24, 2.45) is 0 Å². The van der Waals surface area contributed by atoms with E-state index < -0.39 is 16.1 Å². The van der Waals surface area contributed by atoms with Crippen LogP contribution in [0.3, 0.4) is 0 Å². The number of rotatable bonds is 10. The van der Waals surface area contributed by atoms with Gasteiger partial charge in [-0.3, -0.25) is 9.69 Å². The van der Waals surface area contributed by atoms with Gasteiger partial charge in [-0.15, -0.1) is 0 Å². The summed E-state index contributed by atoms with van der Waals surface area (Å²) in [7, 11) is -2.30. The molecule has 3 aromatic rings. The van der Waals surface area contributed by atoms with Crippen molar-refractivity contribution < 1.29 is 17.9 Å². The van der Waals surface area contributed by atoms with Crippen LogP contribution in [0.15, 0.2) is 89.8 Å². The minimum absolute atomic E-state index is 0.0189. The van der Waals surface area contributed by atoms with Gasteiger partial charge in [0, 0.05) is 51.7 Å². The second kappa shape index (κ2) is 12.4. The van der Waals surface area contributed by atoms with E-state index >= 15 is 0 Å². The van der Waals surface area contributed by atoms with Crippen molar-refractivity contribution in [2.45, 2.75) is 30.8 Å². The zero-order valence-electron chi connectivity index (χ0n) is 21.5. The third-order valence-corrected chi connectivity index (χ3v) is 8.88. The first kappa shape index (κ1) is 26.9. The molecule has 37 heavy (non-hydrogen) atoms. The SMILES string of the molecule is COc1ccc(S(=O)(=O)N(CCC(=O)N2CCN(Cc3ccccc3)CC2)C(C)c2ccccc2)cc1. The fraction of sp³-hybridized carbons (Fsp3) is 0.345. The number of amides is 1. The lowest BCUT2D eigenvalue weighted by Gasteiger charge is -2.35. The standard InChI is InChI=1S/C29H35N3O4S/c1-24(26-11-7-4-8-12-26)32(37(34,35)28-15-13-27(36-2)14-16-28)18-17-29(33)31-21-19-30(20-22-31)23-25-9-5-3-6-10-25/h3-16,24H,17-23H2,1-2H3. The first-order valence-electron chi connectivity index (χ1n) is 12.6. The highest BCUT2D eigenvalue weighted by Crippen LogP contribution is 2.29. The topological polar surface area (TPSA) is 70.2 Å². The normalized spacial score (nSPS) is 15.5. The van der Waals surface area contributed by atoms with E-state index in [-0.39, 0.29) is 23.8 Å². The van der Waals surface area contributed by atoms with E-state index in [9.17, 15) is 13.2 Å². The van der Waals surface area contributed by atoms with Gasteiger partial charge in [0.25, 0.3) is 0 Å². The van der Waals surface area contributed by atoms with E-state index in [0.29, 0.717) is 18.8 Å². The number of hydrogen-bond donors (Lipinski definition) is 0. The molecule has 0 saturated carbocycles. The molecule has 7 nitrogen and oxygen atoms in total. The molecule has 0 spiro atoms. The molecular formula is C29H35N3O4S. The summed E-state index contributed by atoms with van der Waals surface area (Å²) in [6.07, 6.45) is 0.130. The van der Waals surface area contributed by atoms with Crippen molar-refractivity contribution in [1.29, 1.82) is 0 Å². The fourth-order valence-electron chi connectivity index (χ4n) is 4.66. The number of sulfonamides is 1. The number of ether oxygens (including phenoxy) is 1. The van der Waals surface area contributed by atoms with Crippen LogP contribution in [0.5, 0.6) is 5.75 Å². The van der Waals surface area contributed by atoms with Crippen LogP contribution in [0.2, 0.25) is 0 Å². The monoisotopic (exact) mass is 521 g/mol. The van der Waals surface area contributed by atoms with Crippen LogP contribution in [-0.2, 0) is 21.4 Å². The van der Waals surface area contributed by atoms with Gasteiger partial charge in [0.05, 0.1) is 12.0 Å². The molecule has 196 valence electrons. The Balaban J connectivity index is 1.43. The quantitative estimate of drug-likeness (QED) is 0.400. The summed E-state index contributed by atoms with van der Waals surface area (Å²) in [5.41, 5.74) is 2.14. The van der Waals surface area contributed by atoms with Crippen LogP contribution < -0.4 is 4.74 Å². The van der Waals surface area contributed by atoms with Crippen LogP contribution in [0, 0.1) is 0 Å². The van der Waals surface area contributed by atoms with Crippen LogP contribution in [0.25, 0.3) is 0 Å². The molecule has 1 aliphatic heterocycles. The third-order valence-electron chi connectivity index (χ3n) is 6.90. The molecule has 0 N–H and O–H groups in total. The molecule has 1 atom stereocenters. The van der Waals surface area contributed by atoms with Crippen molar-refractivity contribution in [3.63, 3.8) is 0 Å². The maximum absolute atomic E-state index is 13.7. The molecule has 1 saturated heterocycles. The van der Waals surface area contributed by atoms with Gasteiger partial charge in [0.15, 0.2) is 0 Å². The highest BCUT2D eigenvalue weighted by molar-refractivity contribution is 7.89. The molecule has 1 fully saturated rings. The second-order valence-electron chi connectivity index (χ2n) is 9.27. The van der Waals surface area contributed by atoms with Crippen LogP contribution in [0.1, 0.15) is 30.5 Å². The Kier molecular flexibility index (Phi) is 8.97. The highest BCUT2D eigenvalue weighted by atomic mass is 32.2. The van der Waals surface area contributed by atoms with Crippen molar-refractivity contribution in [2.75, 3.05) is 39.8 Å². The van der Waals surface area contributed by atoms with Crippen molar-refractivity contribution in [3.8, 4) is 5.75 Å². The second-order valence-corrected chi connectivity index (χ2v) is 11.2. The zero-order valence-corrected chi connectivity index (χ0v) is 22.3. The van der Waals surface area contributed by atoms with Gasteiger partial charge in [-0.25, -0.2) is 8.42 Å². The largest absolute Gasteiger partial charge is 0.497 e. The van der Waals surface area contributed by atoms with E-state index in [1.54, 1.807) is 31.4 Å². The average molecular weight is 522 g/mol. The van der Waals surface area contributed by atoms with Gasteiger partial charge in [-0.05, 0) is 42.3 Å². The van der Waals surface area contributed by atoms with Gasteiger partial charge in [-0.1, -0.05) is 60.7 Å². The number of hydrogen-bond acceptors (Lipinski definition) is 5. The Morgan fingerprint density at radius 3 is 2.08 bits per heavy atom. The minimum Gasteiger partial charge on any atom is -0.497 e. The molecule has 1 unspecified atom stereocenters.